The number of fused-ring (bicyclic) bond motifs is 1. The van der Waals surface area contributed by atoms with Crippen molar-refractivity contribution in [2.24, 2.45) is 0 Å². The van der Waals surface area contributed by atoms with E-state index in [0.29, 0.717) is 22.3 Å². The Bertz CT molecular complexity index is 1270. The number of nitrogens with one attached hydrogen (secondary N) is 1. The summed E-state index contributed by atoms with van der Waals surface area (Å²) in [6.45, 7) is 0. The summed E-state index contributed by atoms with van der Waals surface area (Å²) in [4.78, 5) is 27.7. The summed E-state index contributed by atoms with van der Waals surface area (Å²) >= 11 is 0.810. The van der Waals surface area contributed by atoms with Crippen molar-refractivity contribution in [3.8, 4) is 11.1 Å². The standard InChI is InChI=1S/C19H15N3O5S2/c1-22(2)29(25,26)14-5-3-11(4-6-14)15-10-20-9-12-7-13(27-17(12)15)8-16-18(23)21-19(24)28-16/h3-10H,1-2H3,(H,21,23,24)/b16-8-. The quantitative estimate of drug-likeness (QED) is 0.635. The first kappa shape index (κ1) is 19.4. The van der Waals surface area contributed by atoms with E-state index < -0.39 is 21.2 Å². The lowest BCUT2D eigenvalue weighted by Gasteiger charge is -2.11. The van der Waals surface area contributed by atoms with Crippen molar-refractivity contribution in [3.05, 3.63) is 53.4 Å². The predicted molar refractivity (Wildman–Crippen MR) is 109 cm³/mol. The highest BCUT2D eigenvalue weighted by atomic mass is 32.2. The van der Waals surface area contributed by atoms with Crippen molar-refractivity contribution in [1.29, 1.82) is 0 Å². The van der Waals surface area contributed by atoms with E-state index in [1.54, 1.807) is 30.6 Å². The van der Waals surface area contributed by atoms with Gasteiger partial charge in [0.05, 0.1) is 9.80 Å². The molecule has 0 saturated carbocycles. The zero-order valence-corrected chi connectivity index (χ0v) is 17.0. The third kappa shape index (κ3) is 3.57. The molecule has 1 aromatic carbocycles. The number of benzene rings is 1. The van der Waals surface area contributed by atoms with Crippen molar-refractivity contribution < 1.29 is 22.4 Å². The van der Waals surface area contributed by atoms with Gasteiger partial charge in [-0.1, -0.05) is 12.1 Å². The number of sulfonamides is 1. The molecule has 0 atom stereocenters. The number of pyridine rings is 1. The smallest absolute Gasteiger partial charge is 0.290 e. The van der Waals surface area contributed by atoms with Gasteiger partial charge in [-0.3, -0.25) is 19.9 Å². The number of aromatic nitrogens is 1. The highest BCUT2D eigenvalue weighted by Crippen LogP contribution is 2.33. The minimum absolute atomic E-state index is 0.185. The third-order valence-corrected chi connectivity index (χ3v) is 6.94. The van der Waals surface area contributed by atoms with E-state index in [2.05, 4.69) is 10.3 Å². The molecule has 2 amide bonds. The van der Waals surface area contributed by atoms with Gasteiger partial charge in [0.25, 0.3) is 11.1 Å². The Morgan fingerprint density at radius 1 is 1.14 bits per heavy atom. The Hall–Kier alpha value is -2.95. The topological polar surface area (TPSA) is 110 Å². The lowest BCUT2D eigenvalue weighted by Crippen LogP contribution is -2.22. The van der Waals surface area contributed by atoms with Crippen LogP contribution in [-0.2, 0) is 14.8 Å². The number of carbonyl (C=O) groups is 2. The molecular formula is C19H15N3O5S2. The summed E-state index contributed by atoms with van der Waals surface area (Å²) in [5.74, 6) is -0.0510. The van der Waals surface area contributed by atoms with Crippen LogP contribution in [0.4, 0.5) is 4.79 Å². The second-order valence-electron chi connectivity index (χ2n) is 6.42. The van der Waals surface area contributed by atoms with Crippen molar-refractivity contribution in [1.82, 2.24) is 14.6 Å². The Morgan fingerprint density at radius 3 is 2.48 bits per heavy atom. The van der Waals surface area contributed by atoms with Gasteiger partial charge in [-0.2, -0.15) is 0 Å². The van der Waals surface area contributed by atoms with Gasteiger partial charge in [0.15, 0.2) is 0 Å². The summed E-state index contributed by atoms with van der Waals surface area (Å²) < 4.78 is 31.5. The number of nitrogens with zero attached hydrogens (tertiary/aromatic N) is 2. The van der Waals surface area contributed by atoms with Crippen molar-refractivity contribution >= 4 is 50.0 Å². The average Bonchev–Trinajstić information content (AvgIpc) is 3.23. The number of imide groups is 1. The number of hydrogen-bond donors (Lipinski definition) is 1. The van der Waals surface area contributed by atoms with Crippen LogP contribution in [0, 0.1) is 0 Å². The van der Waals surface area contributed by atoms with Crippen molar-refractivity contribution in [2.75, 3.05) is 14.1 Å². The molecule has 2 aromatic heterocycles. The molecule has 1 N–H and O–H groups in total. The lowest BCUT2D eigenvalue weighted by molar-refractivity contribution is -0.115. The SMILES string of the molecule is CN(C)S(=O)(=O)c1ccc(-c2cncc3cc(/C=C4\SC(=O)NC4=O)oc23)cc1. The van der Waals surface area contributed by atoms with E-state index in [1.165, 1.54) is 32.3 Å². The first-order valence-corrected chi connectivity index (χ1v) is 10.7. The average molecular weight is 429 g/mol. The fourth-order valence-corrected chi connectivity index (χ4v) is 4.39. The molecular weight excluding hydrogens is 414 g/mol. The van der Waals surface area contributed by atoms with Gasteiger partial charge < -0.3 is 4.42 Å². The second-order valence-corrected chi connectivity index (χ2v) is 9.58. The molecule has 1 saturated heterocycles. The first-order chi connectivity index (χ1) is 13.8. The maximum absolute atomic E-state index is 12.2. The largest absolute Gasteiger partial charge is 0.456 e. The molecule has 1 aliphatic heterocycles. The highest BCUT2D eigenvalue weighted by Gasteiger charge is 2.25. The lowest BCUT2D eigenvalue weighted by atomic mass is 10.1. The van der Waals surface area contributed by atoms with E-state index in [1.807, 2.05) is 0 Å². The molecule has 0 radical (unpaired) electrons. The highest BCUT2D eigenvalue weighted by molar-refractivity contribution is 8.18. The number of hydrogen-bond acceptors (Lipinski definition) is 7. The number of rotatable bonds is 4. The van der Waals surface area contributed by atoms with Crippen LogP contribution in [0.1, 0.15) is 5.76 Å². The van der Waals surface area contributed by atoms with Crippen LogP contribution in [0.25, 0.3) is 28.2 Å². The molecule has 29 heavy (non-hydrogen) atoms. The monoisotopic (exact) mass is 429 g/mol. The number of carbonyl (C=O) groups excluding carboxylic acids is 2. The molecule has 1 aliphatic rings. The Kier molecular flexibility index (Phi) is 4.77. The van der Waals surface area contributed by atoms with Crippen LogP contribution in [-0.4, -0.2) is 42.9 Å². The van der Waals surface area contributed by atoms with Gasteiger partial charge >= 0.3 is 0 Å². The van der Waals surface area contributed by atoms with Gasteiger partial charge in [0, 0.05) is 43.5 Å². The fourth-order valence-electron chi connectivity index (χ4n) is 2.83. The summed E-state index contributed by atoms with van der Waals surface area (Å²) in [6, 6.07) is 8.15. The van der Waals surface area contributed by atoms with Crippen molar-refractivity contribution in [3.63, 3.8) is 0 Å². The van der Waals surface area contributed by atoms with E-state index in [-0.39, 0.29) is 9.80 Å². The van der Waals surface area contributed by atoms with E-state index in [0.717, 1.165) is 21.6 Å². The van der Waals surface area contributed by atoms with Crippen LogP contribution in [0.3, 0.4) is 0 Å². The zero-order chi connectivity index (χ0) is 20.8. The van der Waals surface area contributed by atoms with Crippen molar-refractivity contribution in [2.45, 2.75) is 4.90 Å². The van der Waals surface area contributed by atoms with Gasteiger partial charge in [-0.05, 0) is 35.5 Å². The second kappa shape index (κ2) is 7.14. The molecule has 1 fully saturated rings. The predicted octanol–water partition coefficient (Wildman–Crippen LogP) is 3.07. The number of amides is 2. The van der Waals surface area contributed by atoms with Crippen LogP contribution in [0.15, 0.2) is 56.9 Å². The first-order valence-electron chi connectivity index (χ1n) is 8.41. The Balaban J connectivity index is 1.74. The van der Waals surface area contributed by atoms with Crippen LogP contribution >= 0.6 is 11.8 Å². The molecule has 148 valence electrons. The van der Waals surface area contributed by atoms with Gasteiger partial charge in [0.2, 0.25) is 10.0 Å². The Morgan fingerprint density at radius 2 is 1.86 bits per heavy atom. The maximum Gasteiger partial charge on any atom is 0.290 e. The molecule has 0 bridgehead atoms. The van der Waals surface area contributed by atoms with Gasteiger partial charge in [0.1, 0.15) is 11.3 Å². The van der Waals surface area contributed by atoms with E-state index in [9.17, 15) is 18.0 Å². The number of furan rings is 1. The van der Waals surface area contributed by atoms with Crippen LogP contribution in [0.2, 0.25) is 0 Å². The van der Waals surface area contributed by atoms with E-state index in [4.69, 9.17) is 4.42 Å². The minimum atomic E-state index is -3.52. The molecule has 0 aliphatic carbocycles. The molecule has 3 aromatic rings. The summed E-state index contributed by atoms with van der Waals surface area (Å²) in [5, 5.41) is 2.49. The summed E-state index contributed by atoms with van der Waals surface area (Å²) in [6.07, 6.45) is 4.75. The fraction of sp³-hybridized carbons (Fsp3) is 0.105. The maximum atomic E-state index is 12.2. The molecule has 10 heteroatoms. The minimum Gasteiger partial charge on any atom is -0.456 e. The Labute approximate surface area is 170 Å². The normalized spacial score (nSPS) is 16.2. The number of thioether (sulfide) groups is 1. The zero-order valence-electron chi connectivity index (χ0n) is 15.4. The molecule has 0 spiro atoms. The van der Waals surface area contributed by atoms with Gasteiger partial charge in [-0.15, -0.1) is 0 Å². The van der Waals surface area contributed by atoms with Crippen LogP contribution < -0.4 is 5.32 Å². The van der Waals surface area contributed by atoms with E-state index >= 15 is 0 Å². The molecule has 3 heterocycles. The molecule has 4 rings (SSSR count). The van der Waals surface area contributed by atoms with Crippen LogP contribution in [0.5, 0.6) is 0 Å². The third-order valence-electron chi connectivity index (χ3n) is 4.30. The summed E-state index contributed by atoms with van der Waals surface area (Å²) in [7, 11) is -0.568. The summed E-state index contributed by atoms with van der Waals surface area (Å²) in [5.41, 5.74) is 1.96. The molecule has 8 nitrogen and oxygen atoms in total. The molecule has 0 unspecified atom stereocenters. The van der Waals surface area contributed by atoms with Gasteiger partial charge in [-0.25, -0.2) is 12.7 Å².